The van der Waals surface area contributed by atoms with Crippen molar-refractivity contribution < 1.29 is 0 Å². The lowest BCUT2D eigenvalue weighted by atomic mass is 9.75. The molecule has 0 aliphatic heterocycles. The van der Waals surface area contributed by atoms with Crippen LogP contribution in [0.5, 0.6) is 0 Å². The lowest BCUT2D eigenvalue weighted by Gasteiger charge is -2.43. The van der Waals surface area contributed by atoms with Crippen LogP contribution in [0.3, 0.4) is 0 Å². The number of benzene rings is 4. The molecule has 0 spiro atoms. The van der Waals surface area contributed by atoms with Gasteiger partial charge in [-0.3, -0.25) is 0 Å². The van der Waals surface area contributed by atoms with Crippen LogP contribution in [0.1, 0.15) is 92.3 Å². The summed E-state index contributed by atoms with van der Waals surface area (Å²) in [6.45, 7) is 20.5. The molecular weight excluding hydrogens is 617 g/mol. The van der Waals surface area contributed by atoms with E-state index < -0.39 is 0 Å². The first-order valence-corrected chi connectivity index (χ1v) is 18.9. The van der Waals surface area contributed by atoms with Crippen LogP contribution in [0.2, 0.25) is 0 Å². The molecule has 4 atom stereocenters. The highest BCUT2D eigenvalue weighted by molar-refractivity contribution is 6.06. The first kappa shape index (κ1) is 33.3. The molecule has 0 heterocycles. The Balaban J connectivity index is 1.31. The Kier molecular flexibility index (Phi) is 8.33. The van der Waals surface area contributed by atoms with E-state index in [1.807, 2.05) is 0 Å². The summed E-state index contributed by atoms with van der Waals surface area (Å²) >= 11 is 0. The van der Waals surface area contributed by atoms with Gasteiger partial charge in [-0.15, -0.1) is 0 Å². The first-order valence-electron chi connectivity index (χ1n) is 18.9. The minimum atomic E-state index is 0.170. The van der Waals surface area contributed by atoms with E-state index in [2.05, 4.69) is 175 Å². The normalized spacial score (nSPS) is 22.2. The first-order chi connectivity index (χ1) is 24.5. The van der Waals surface area contributed by atoms with E-state index in [4.69, 9.17) is 0 Å². The fourth-order valence-electron chi connectivity index (χ4n) is 8.88. The molecule has 8 rings (SSSR count). The molecule has 51 heavy (non-hydrogen) atoms. The van der Waals surface area contributed by atoms with Crippen molar-refractivity contribution in [3.05, 3.63) is 158 Å². The molecule has 0 aromatic heterocycles. The lowest BCUT2D eigenvalue weighted by molar-refractivity contribution is 0.573. The molecule has 4 aliphatic rings. The highest BCUT2D eigenvalue weighted by Crippen LogP contribution is 2.49. The molecule has 0 saturated heterocycles. The summed E-state index contributed by atoms with van der Waals surface area (Å²) < 4.78 is 0. The van der Waals surface area contributed by atoms with Gasteiger partial charge in [-0.25, -0.2) is 0 Å². The minimum Gasteiger partial charge on any atom is -0.337 e. The van der Waals surface area contributed by atoms with Crippen molar-refractivity contribution in [2.75, 3.05) is 9.80 Å². The summed E-state index contributed by atoms with van der Waals surface area (Å²) in [6, 6.07) is 24.0. The second-order valence-corrected chi connectivity index (χ2v) is 15.8. The van der Waals surface area contributed by atoms with E-state index in [0.717, 1.165) is 12.8 Å². The van der Waals surface area contributed by atoms with Crippen LogP contribution >= 0.6 is 0 Å². The smallest absolute Gasteiger partial charge is 0.0626 e. The lowest BCUT2D eigenvalue weighted by Crippen LogP contribution is -2.40. The Morgan fingerprint density at radius 3 is 1.90 bits per heavy atom. The third kappa shape index (κ3) is 5.55. The molecule has 0 radical (unpaired) electrons. The van der Waals surface area contributed by atoms with Crippen molar-refractivity contribution in [3.63, 3.8) is 0 Å². The third-order valence-corrected chi connectivity index (χ3v) is 12.8. The largest absolute Gasteiger partial charge is 0.337 e. The summed E-state index contributed by atoms with van der Waals surface area (Å²) in [4.78, 5) is 5.29. The predicted octanol–water partition coefficient (Wildman–Crippen LogP) is 13.1. The number of nitrogens with zero attached hydrogens (tertiary/aromatic N) is 2. The quantitative estimate of drug-likeness (QED) is 0.202. The predicted molar refractivity (Wildman–Crippen MR) is 221 cm³/mol. The van der Waals surface area contributed by atoms with Crippen molar-refractivity contribution >= 4 is 40.0 Å². The maximum absolute atomic E-state index is 2.66. The van der Waals surface area contributed by atoms with E-state index in [0.29, 0.717) is 5.92 Å². The molecule has 0 amide bonds. The minimum absolute atomic E-state index is 0.170. The number of hydrogen-bond donors (Lipinski definition) is 0. The maximum Gasteiger partial charge on any atom is 0.0626 e. The molecule has 0 saturated carbocycles. The van der Waals surface area contributed by atoms with Gasteiger partial charge in [-0.1, -0.05) is 96.0 Å². The van der Waals surface area contributed by atoms with Crippen molar-refractivity contribution in [3.8, 4) is 0 Å². The topological polar surface area (TPSA) is 6.48 Å². The second-order valence-electron chi connectivity index (χ2n) is 15.8. The summed E-state index contributed by atoms with van der Waals surface area (Å²) in [5.41, 5.74) is 20.4. The van der Waals surface area contributed by atoms with Gasteiger partial charge in [0.2, 0.25) is 0 Å². The van der Waals surface area contributed by atoms with Crippen LogP contribution in [0.25, 0.3) is 22.9 Å². The van der Waals surface area contributed by atoms with Gasteiger partial charge < -0.3 is 9.80 Å². The molecule has 4 aromatic rings. The van der Waals surface area contributed by atoms with Crippen LogP contribution in [0, 0.1) is 33.6 Å². The van der Waals surface area contributed by atoms with Gasteiger partial charge in [0.25, 0.3) is 0 Å². The van der Waals surface area contributed by atoms with Gasteiger partial charge in [0.1, 0.15) is 0 Å². The zero-order chi connectivity index (χ0) is 35.7. The molecular formula is C49H52N2. The zero-order valence-corrected chi connectivity index (χ0v) is 31.9. The van der Waals surface area contributed by atoms with Gasteiger partial charge >= 0.3 is 0 Å². The highest BCUT2D eigenvalue weighted by Gasteiger charge is 2.36. The Hall–Kier alpha value is -4.82. The number of allylic oxidation sites excluding steroid dienone is 6. The molecule has 4 unspecified atom stereocenters. The summed E-state index contributed by atoms with van der Waals surface area (Å²) in [5, 5.41) is 2.74. The molecule has 0 bridgehead atoms. The number of anilines is 3. The Morgan fingerprint density at radius 1 is 0.569 bits per heavy atom. The summed E-state index contributed by atoms with van der Waals surface area (Å²) in [7, 11) is 0. The van der Waals surface area contributed by atoms with E-state index in [9.17, 15) is 0 Å². The second kappa shape index (κ2) is 12.7. The van der Waals surface area contributed by atoms with E-state index in [-0.39, 0.29) is 18.0 Å². The van der Waals surface area contributed by atoms with Crippen LogP contribution < -0.4 is 9.80 Å². The van der Waals surface area contributed by atoms with Crippen LogP contribution in [-0.2, 0) is 0 Å². The SMILES string of the molecule is CC1=C(C)CCC(N(c2ccc(C)c(C)c2)C2C=Cc3ccc4c(N(c5ccc(C)c(C)c5)C5C=CC(C)=C(C)C5C)ccc5c4c3C2C=C5)=C1. The Bertz CT molecular complexity index is 2280. The fourth-order valence-corrected chi connectivity index (χ4v) is 8.88. The van der Waals surface area contributed by atoms with Gasteiger partial charge in [0.15, 0.2) is 0 Å². The summed E-state index contributed by atoms with van der Waals surface area (Å²) in [5.74, 6) is 0.607. The molecule has 4 aliphatic carbocycles. The van der Waals surface area contributed by atoms with Gasteiger partial charge in [0.05, 0.1) is 12.1 Å². The standard InChI is InChI=1S/C49H52N2/c1-29-10-18-40(26-33(29)5)50(41-19-11-30(2)34(6)27-41)46-24-16-38-15-22-44-47(25-17-39-14-21-43(46)48(38)49(39)44)51(42-20-12-31(3)35(7)28-42)45-23-13-32(4)36(8)37(45)9/h10,12-18,20-28,37,43,45-46H,11,19H2,1-9H3. The van der Waals surface area contributed by atoms with Gasteiger partial charge in [0, 0.05) is 40.0 Å². The molecule has 258 valence electrons. The molecule has 0 N–H and O–H groups in total. The zero-order valence-electron chi connectivity index (χ0n) is 31.9. The fraction of sp³-hybridized carbons (Fsp3) is 0.306. The number of hydrogen-bond acceptors (Lipinski definition) is 2. The van der Waals surface area contributed by atoms with Crippen LogP contribution in [0.15, 0.2) is 119 Å². The maximum atomic E-state index is 2.66. The Labute approximate surface area is 305 Å². The van der Waals surface area contributed by atoms with Gasteiger partial charge in [-0.2, -0.15) is 0 Å². The molecule has 2 heteroatoms. The van der Waals surface area contributed by atoms with Crippen molar-refractivity contribution in [1.82, 2.24) is 0 Å². The molecule has 4 aromatic carbocycles. The number of rotatable bonds is 6. The monoisotopic (exact) mass is 668 g/mol. The van der Waals surface area contributed by atoms with Gasteiger partial charge in [-0.05, 0) is 149 Å². The molecule has 2 nitrogen and oxygen atoms in total. The van der Waals surface area contributed by atoms with E-state index in [1.54, 1.807) is 0 Å². The van der Waals surface area contributed by atoms with Crippen molar-refractivity contribution in [2.45, 2.75) is 93.2 Å². The van der Waals surface area contributed by atoms with Crippen molar-refractivity contribution in [1.29, 1.82) is 0 Å². The number of aryl methyl sites for hydroxylation is 4. The Morgan fingerprint density at radius 2 is 1.22 bits per heavy atom. The van der Waals surface area contributed by atoms with E-state index in [1.165, 1.54) is 94.8 Å². The van der Waals surface area contributed by atoms with Crippen LogP contribution in [-0.4, -0.2) is 12.1 Å². The van der Waals surface area contributed by atoms with Crippen molar-refractivity contribution in [2.24, 2.45) is 5.92 Å². The third-order valence-electron chi connectivity index (χ3n) is 12.8. The average Bonchev–Trinajstić information content (AvgIpc) is 3.12. The molecule has 0 fully saturated rings. The van der Waals surface area contributed by atoms with Crippen LogP contribution in [0.4, 0.5) is 17.1 Å². The van der Waals surface area contributed by atoms with E-state index >= 15 is 0 Å². The average molecular weight is 669 g/mol. The highest BCUT2D eigenvalue weighted by atomic mass is 15.2. The summed E-state index contributed by atoms with van der Waals surface area (Å²) in [6.07, 6.45) is 19.2.